The molecule has 1 heterocycles. The molecule has 0 unspecified atom stereocenters. The number of hydrogen-bond acceptors (Lipinski definition) is 4. The Kier molecular flexibility index (Phi) is 4.87. The molecule has 0 fully saturated rings. The zero-order chi connectivity index (χ0) is 21.5. The van der Waals surface area contributed by atoms with Crippen LogP contribution in [0.15, 0.2) is 71.6 Å². The third kappa shape index (κ3) is 3.46. The van der Waals surface area contributed by atoms with Crippen LogP contribution in [-0.4, -0.2) is 26.7 Å². The summed E-state index contributed by atoms with van der Waals surface area (Å²) in [6.07, 6.45) is 0. The molecule has 0 saturated carbocycles. The van der Waals surface area contributed by atoms with Gasteiger partial charge in [-0.15, -0.1) is 0 Å². The van der Waals surface area contributed by atoms with Crippen molar-refractivity contribution >= 4 is 33.1 Å². The van der Waals surface area contributed by atoms with Crippen LogP contribution in [0.5, 0.6) is 0 Å². The van der Waals surface area contributed by atoms with Crippen molar-refractivity contribution in [2.45, 2.75) is 11.8 Å². The molecule has 3 aromatic rings. The molecule has 4 rings (SSSR count). The van der Waals surface area contributed by atoms with Gasteiger partial charge in [0.2, 0.25) is 5.91 Å². The smallest absolute Gasteiger partial charge is 0.265 e. The number of fused-ring (bicyclic) bond motifs is 3. The van der Waals surface area contributed by atoms with Crippen LogP contribution < -0.4 is 9.62 Å². The van der Waals surface area contributed by atoms with E-state index in [-0.39, 0.29) is 16.4 Å². The minimum atomic E-state index is -4.02. The highest BCUT2D eigenvalue weighted by Gasteiger charge is 2.36. The number of carbonyl (C=O) groups excluding carboxylic acids is 2. The van der Waals surface area contributed by atoms with E-state index in [0.717, 1.165) is 10.4 Å². The van der Waals surface area contributed by atoms with Crippen molar-refractivity contribution in [2.24, 2.45) is 0 Å². The number of halogens is 1. The standard InChI is InChI=1S/C22H17FN2O4S/c1-14(26)15-5-4-6-17(11-15)24-22(27)13-25-20-10-9-16(23)12-19(20)18-7-2-3-8-21(18)30(25,28)29/h2-12H,13H2,1H3,(H,24,27). The fourth-order valence-corrected chi connectivity index (χ4v) is 5.07. The van der Waals surface area contributed by atoms with Crippen LogP contribution in [-0.2, 0) is 14.8 Å². The van der Waals surface area contributed by atoms with E-state index in [2.05, 4.69) is 5.32 Å². The van der Waals surface area contributed by atoms with Gasteiger partial charge in [0, 0.05) is 22.4 Å². The first-order chi connectivity index (χ1) is 14.3. The topological polar surface area (TPSA) is 83.6 Å². The highest BCUT2D eigenvalue weighted by atomic mass is 32.2. The Morgan fingerprint density at radius 1 is 0.967 bits per heavy atom. The normalized spacial score (nSPS) is 13.9. The van der Waals surface area contributed by atoms with E-state index in [0.29, 0.717) is 22.4 Å². The first kappa shape index (κ1) is 19.8. The summed E-state index contributed by atoms with van der Waals surface area (Å²) in [5, 5.41) is 2.62. The van der Waals surface area contributed by atoms with Crippen LogP contribution in [0.25, 0.3) is 11.1 Å². The van der Waals surface area contributed by atoms with Gasteiger partial charge in [-0.3, -0.25) is 13.9 Å². The molecular formula is C22H17FN2O4S. The van der Waals surface area contributed by atoms with Gasteiger partial charge in [-0.1, -0.05) is 30.3 Å². The lowest BCUT2D eigenvalue weighted by Crippen LogP contribution is -2.40. The van der Waals surface area contributed by atoms with Gasteiger partial charge in [0.15, 0.2) is 5.78 Å². The van der Waals surface area contributed by atoms with E-state index in [1.807, 2.05) is 0 Å². The van der Waals surface area contributed by atoms with Crippen molar-refractivity contribution in [2.75, 3.05) is 16.2 Å². The molecule has 1 amide bonds. The van der Waals surface area contributed by atoms with E-state index in [4.69, 9.17) is 0 Å². The second-order valence-electron chi connectivity index (χ2n) is 6.85. The number of amides is 1. The summed E-state index contributed by atoms with van der Waals surface area (Å²) >= 11 is 0. The molecule has 0 aromatic heterocycles. The van der Waals surface area contributed by atoms with Crippen molar-refractivity contribution in [3.05, 3.63) is 78.1 Å². The molecule has 3 aromatic carbocycles. The Morgan fingerprint density at radius 3 is 2.50 bits per heavy atom. The van der Waals surface area contributed by atoms with Crippen LogP contribution in [0.2, 0.25) is 0 Å². The van der Waals surface area contributed by atoms with E-state index in [9.17, 15) is 22.4 Å². The Balaban J connectivity index is 1.70. The first-order valence-corrected chi connectivity index (χ1v) is 10.5. The number of nitrogens with zero attached hydrogens (tertiary/aromatic N) is 1. The molecule has 0 spiro atoms. The Labute approximate surface area is 173 Å². The lowest BCUT2D eigenvalue weighted by molar-refractivity contribution is -0.114. The lowest BCUT2D eigenvalue weighted by Gasteiger charge is -2.31. The van der Waals surface area contributed by atoms with Gasteiger partial charge >= 0.3 is 0 Å². The van der Waals surface area contributed by atoms with Crippen LogP contribution in [0.4, 0.5) is 15.8 Å². The van der Waals surface area contributed by atoms with Gasteiger partial charge in [0.1, 0.15) is 12.4 Å². The molecule has 6 nitrogen and oxygen atoms in total. The summed E-state index contributed by atoms with van der Waals surface area (Å²) in [4.78, 5) is 24.2. The van der Waals surface area contributed by atoms with Crippen molar-refractivity contribution < 1.29 is 22.4 Å². The van der Waals surface area contributed by atoms with Crippen molar-refractivity contribution in [3.8, 4) is 11.1 Å². The number of nitrogens with one attached hydrogen (secondary N) is 1. The number of rotatable bonds is 4. The molecule has 0 saturated heterocycles. The van der Waals surface area contributed by atoms with E-state index < -0.39 is 28.3 Å². The molecule has 0 bridgehead atoms. The van der Waals surface area contributed by atoms with Crippen LogP contribution in [0.1, 0.15) is 17.3 Å². The molecule has 1 N–H and O–H groups in total. The van der Waals surface area contributed by atoms with Crippen LogP contribution in [0, 0.1) is 5.82 Å². The van der Waals surface area contributed by atoms with Gasteiger partial charge in [0.05, 0.1) is 10.6 Å². The Bertz CT molecular complexity index is 1290. The molecule has 30 heavy (non-hydrogen) atoms. The molecule has 1 aliphatic heterocycles. The van der Waals surface area contributed by atoms with Crippen molar-refractivity contribution in [3.63, 3.8) is 0 Å². The van der Waals surface area contributed by atoms with Gasteiger partial charge in [-0.2, -0.15) is 0 Å². The average Bonchev–Trinajstić information content (AvgIpc) is 2.71. The van der Waals surface area contributed by atoms with Crippen molar-refractivity contribution in [1.82, 2.24) is 0 Å². The maximum Gasteiger partial charge on any atom is 0.265 e. The summed E-state index contributed by atoms with van der Waals surface area (Å²) in [5.41, 5.74) is 1.81. The fourth-order valence-electron chi connectivity index (χ4n) is 3.42. The maximum atomic E-state index is 13.9. The zero-order valence-corrected chi connectivity index (χ0v) is 16.7. The van der Waals surface area contributed by atoms with Crippen molar-refractivity contribution in [1.29, 1.82) is 0 Å². The van der Waals surface area contributed by atoms with Crippen LogP contribution in [0.3, 0.4) is 0 Å². The lowest BCUT2D eigenvalue weighted by atomic mass is 10.0. The minimum Gasteiger partial charge on any atom is -0.324 e. The van der Waals surface area contributed by atoms with E-state index in [1.54, 1.807) is 36.4 Å². The van der Waals surface area contributed by atoms with E-state index in [1.165, 1.54) is 31.2 Å². The highest BCUT2D eigenvalue weighted by Crippen LogP contribution is 2.43. The molecule has 1 aliphatic rings. The molecule has 8 heteroatoms. The highest BCUT2D eigenvalue weighted by molar-refractivity contribution is 7.93. The summed E-state index contributed by atoms with van der Waals surface area (Å²) < 4.78 is 41.2. The second-order valence-corrected chi connectivity index (χ2v) is 8.69. The molecule has 0 aliphatic carbocycles. The third-order valence-electron chi connectivity index (χ3n) is 4.81. The monoisotopic (exact) mass is 424 g/mol. The Hall–Kier alpha value is -3.52. The van der Waals surface area contributed by atoms with Gasteiger partial charge in [0.25, 0.3) is 10.0 Å². The number of hydrogen-bond donors (Lipinski definition) is 1. The van der Waals surface area contributed by atoms with Gasteiger partial charge in [-0.25, -0.2) is 12.8 Å². The van der Waals surface area contributed by atoms with Crippen LogP contribution >= 0.6 is 0 Å². The Morgan fingerprint density at radius 2 is 1.73 bits per heavy atom. The zero-order valence-electron chi connectivity index (χ0n) is 15.9. The molecule has 0 atom stereocenters. The number of sulfonamides is 1. The third-order valence-corrected chi connectivity index (χ3v) is 6.63. The summed E-state index contributed by atoms with van der Waals surface area (Å²) in [6, 6.07) is 16.4. The second kappa shape index (κ2) is 7.38. The fraction of sp³-hybridized carbons (Fsp3) is 0.0909. The van der Waals surface area contributed by atoms with E-state index >= 15 is 0 Å². The summed E-state index contributed by atoms with van der Waals surface area (Å²) in [5.74, 6) is -1.25. The predicted molar refractivity (Wildman–Crippen MR) is 111 cm³/mol. The van der Waals surface area contributed by atoms with Gasteiger partial charge in [-0.05, 0) is 43.3 Å². The predicted octanol–water partition coefficient (Wildman–Crippen LogP) is 3.84. The average molecular weight is 424 g/mol. The molecule has 152 valence electrons. The SMILES string of the molecule is CC(=O)c1cccc(NC(=O)CN2c3ccc(F)cc3-c3ccccc3S2(=O)=O)c1. The minimum absolute atomic E-state index is 0.00878. The molecule has 0 radical (unpaired) electrons. The summed E-state index contributed by atoms with van der Waals surface area (Å²) in [6.45, 7) is 0.911. The maximum absolute atomic E-state index is 13.9. The quantitative estimate of drug-likeness (QED) is 0.645. The van der Waals surface area contributed by atoms with Gasteiger partial charge < -0.3 is 5.32 Å². The number of Topliss-reactive ketones (excluding diaryl/α,β-unsaturated/α-hetero) is 1. The summed E-state index contributed by atoms with van der Waals surface area (Å²) in [7, 11) is -4.02. The number of ketones is 1. The number of carbonyl (C=O) groups is 2. The largest absolute Gasteiger partial charge is 0.324 e. The number of anilines is 2. The molecular weight excluding hydrogens is 407 g/mol. The number of benzene rings is 3. The first-order valence-electron chi connectivity index (χ1n) is 9.10.